The molecule has 3 N–H and O–H groups in total. The minimum atomic E-state index is -0.423. The maximum Gasteiger partial charge on any atom is 0.255 e. The van der Waals surface area contributed by atoms with E-state index in [9.17, 15) is 9.59 Å². The van der Waals surface area contributed by atoms with Crippen LogP contribution in [0.3, 0.4) is 0 Å². The number of aromatic amines is 1. The van der Waals surface area contributed by atoms with Crippen LogP contribution in [-0.4, -0.2) is 38.8 Å². The van der Waals surface area contributed by atoms with Gasteiger partial charge in [-0.1, -0.05) is 29.8 Å². The van der Waals surface area contributed by atoms with Crippen LogP contribution in [0.25, 0.3) is 22.4 Å². The number of carbonyl (C=O) groups is 2. The molecule has 1 aliphatic heterocycles. The summed E-state index contributed by atoms with van der Waals surface area (Å²) < 4.78 is 0. The zero-order valence-corrected chi connectivity index (χ0v) is 15.4. The van der Waals surface area contributed by atoms with Crippen LogP contribution in [0.4, 0.5) is 0 Å². The molecule has 2 amide bonds. The SMILES string of the molecule is CC1(CNC(=O)c2c[nH]c3ncc(-c4ccccc4Cl)nc23)CCC(=O)N1. The van der Waals surface area contributed by atoms with Crippen molar-refractivity contribution in [3.8, 4) is 11.3 Å². The lowest BCUT2D eigenvalue weighted by Crippen LogP contribution is -2.48. The number of H-pyrrole nitrogens is 1. The molecule has 0 aliphatic carbocycles. The van der Waals surface area contributed by atoms with Gasteiger partial charge in [0.1, 0.15) is 5.52 Å². The summed E-state index contributed by atoms with van der Waals surface area (Å²) >= 11 is 6.25. The molecule has 0 saturated carbocycles. The number of hydrogen-bond donors (Lipinski definition) is 3. The van der Waals surface area contributed by atoms with Crippen LogP contribution in [0, 0.1) is 0 Å². The van der Waals surface area contributed by atoms with E-state index in [1.54, 1.807) is 18.5 Å². The normalized spacial score (nSPS) is 19.3. The van der Waals surface area contributed by atoms with Crippen molar-refractivity contribution in [1.82, 2.24) is 25.6 Å². The minimum Gasteiger partial charge on any atom is -0.350 e. The number of rotatable bonds is 4. The molecule has 27 heavy (non-hydrogen) atoms. The highest BCUT2D eigenvalue weighted by atomic mass is 35.5. The molecule has 1 aliphatic rings. The quantitative estimate of drug-likeness (QED) is 0.644. The molecule has 0 spiro atoms. The molecule has 1 unspecified atom stereocenters. The Morgan fingerprint density at radius 2 is 2.19 bits per heavy atom. The Morgan fingerprint density at radius 3 is 2.93 bits per heavy atom. The monoisotopic (exact) mass is 383 g/mol. The molecule has 0 radical (unpaired) electrons. The number of hydrogen-bond acceptors (Lipinski definition) is 4. The third kappa shape index (κ3) is 3.38. The van der Waals surface area contributed by atoms with E-state index in [2.05, 4.69) is 25.6 Å². The van der Waals surface area contributed by atoms with Crippen LogP contribution in [-0.2, 0) is 4.79 Å². The van der Waals surface area contributed by atoms with Gasteiger partial charge < -0.3 is 15.6 Å². The van der Waals surface area contributed by atoms with Crippen LogP contribution in [0.15, 0.2) is 36.7 Å². The Labute approximate surface area is 160 Å². The topological polar surface area (TPSA) is 99.8 Å². The predicted molar refractivity (Wildman–Crippen MR) is 102 cm³/mol. The van der Waals surface area contributed by atoms with E-state index in [1.807, 2.05) is 25.1 Å². The number of halogens is 1. The van der Waals surface area contributed by atoms with E-state index >= 15 is 0 Å². The van der Waals surface area contributed by atoms with Crippen molar-refractivity contribution in [3.63, 3.8) is 0 Å². The predicted octanol–water partition coefficient (Wildman–Crippen LogP) is 2.68. The fraction of sp³-hybridized carbons (Fsp3) is 0.263. The van der Waals surface area contributed by atoms with E-state index in [0.717, 1.165) is 5.56 Å². The lowest BCUT2D eigenvalue weighted by molar-refractivity contribution is -0.119. The largest absolute Gasteiger partial charge is 0.350 e. The van der Waals surface area contributed by atoms with Gasteiger partial charge in [-0.05, 0) is 19.4 Å². The van der Waals surface area contributed by atoms with E-state index in [0.29, 0.717) is 46.8 Å². The van der Waals surface area contributed by atoms with Gasteiger partial charge >= 0.3 is 0 Å². The van der Waals surface area contributed by atoms with Crippen molar-refractivity contribution in [2.24, 2.45) is 0 Å². The molecular formula is C19H18ClN5O2. The molecule has 138 valence electrons. The molecule has 4 rings (SSSR count). The number of amides is 2. The van der Waals surface area contributed by atoms with Gasteiger partial charge in [0.25, 0.3) is 5.91 Å². The number of aromatic nitrogens is 3. The third-order valence-corrected chi connectivity index (χ3v) is 5.09. The number of nitrogens with zero attached hydrogens (tertiary/aromatic N) is 2. The lowest BCUT2D eigenvalue weighted by atomic mass is 10.0. The number of benzene rings is 1. The maximum atomic E-state index is 12.7. The van der Waals surface area contributed by atoms with Gasteiger partial charge in [0.05, 0.1) is 28.0 Å². The summed E-state index contributed by atoms with van der Waals surface area (Å²) in [6, 6.07) is 7.35. The highest BCUT2D eigenvalue weighted by molar-refractivity contribution is 6.33. The highest BCUT2D eigenvalue weighted by Crippen LogP contribution is 2.27. The Kier molecular flexibility index (Phi) is 4.31. The molecular weight excluding hydrogens is 366 g/mol. The molecule has 0 bridgehead atoms. The van der Waals surface area contributed by atoms with Gasteiger partial charge in [-0.25, -0.2) is 9.97 Å². The van der Waals surface area contributed by atoms with Gasteiger partial charge in [-0.2, -0.15) is 0 Å². The Balaban J connectivity index is 1.60. The van der Waals surface area contributed by atoms with Crippen molar-refractivity contribution in [1.29, 1.82) is 0 Å². The Hall–Kier alpha value is -2.93. The van der Waals surface area contributed by atoms with Gasteiger partial charge in [-0.3, -0.25) is 9.59 Å². The number of nitrogens with one attached hydrogen (secondary N) is 3. The van der Waals surface area contributed by atoms with Gasteiger partial charge in [0.2, 0.25) is 5.91 Å². The molecule has 3 aromatic rings. The zero-order chi connectivity index (χ0) is 19.0. The smallest absolute Gasteiger partial charge is 0.255 e. The second-order valence-corrected chi connectivity index (χ2v) is 7.33. The zero-order valence-electron chi connectivity index (χ0n) is 14.7. The Morgan fingerprint density at radius 1 is 1.37 bits per heavy atom. The highest BCUT2D eigenvalue weighted by Gasteiger charge is 2.33. The maximum absolute atomic E-state index is 12.7. The second-order valence-electron chi connectivity index (χ2n) is 6.93. The second kappa shape index (κ2) is 6.66. The van der Waals surface area contributed by atoms with Crippen molar-refractivity contribution >= 4 is 34.6 Å². The lowest BCUT2D eigenvalue weighted by Gasteiger charge is -2.24. The van der Waals surface area contributed by atoms with Crippen LogP contribution in [0.1, 0.15) is 30.1 Å². The summed E-state index contributed by atoms with van der Waals surface area (Å²) in [7, 11) is 0. The summed E-state index contributed by atoms with van der Waals surface area (Å²) in [5, 5.41) is 6.35. The van der Waals surface area contributed by atoms with Gasteiger partial charge in [0.15, 0.2) is 5.65 Å². The number of carbonyl (C=O) groups excluding carboxylic acids is 2. The van der Waals surface area contributed by atoms with Crippen molar-refractivity contribution in [2.75, 3.05) is 6.54 Å². The van der Waals surface area contributed by atoms with Crippen molar-refractivity contribution < 1.29 is 9.59 Å². The van der Waals surface area contributed by atoms with E-state index in [4.69, 9.17) is 11.6 Å². The van der Waals surface area contributed by atoms with E-state index in [-0.39, 0.29) is 11.8 Å². The summed E-state index contributed by atoms with van der Waals surface area (Å²) in [6.45, 7) is 2.27. The van der Waals surface area contributed by atoms with E-state index < -0.39 is 5.54 Å². The summed E-state index contributed by atoms with van der Waals surface area (Å²) in [4.78, 5) is 36.0. The summed E-state index contributed by atoms with van der Waals surface area (Å²) in [5.74, 6) is -0.261. The molecule has 1 aromatic carbocycles. The first-order valence-corrected chi connectivity index (χ1v) is 9.01. The van der Waals surface area contributed by atoms with Crippen LogP contribution < -0.4 is 10.6 Å². The standard InChI is InChI=1S/C19H18ClN5O2/c1-19(7-6-15(26)25-19)10-23-18(27)12-8-21-17-16(12)24-14(9-22-17)11-4-2-3-5-13(11)20/h2-5,8-9H,6-7,10H2,1H3,(H,21,22)(H,23,27)(H,25,26). The minimum absolute atomic E-state index is 0.00842. The first-order valence-electron chi connectivity index (χ1n) is 8.63. The Bertz CT molecular complexity index is 1050. The molecule has 1 atom stereocenters. The molecule has 8 heteroatoms. The molecule has 7 nitrogen and oxygen atoms in total. The van der Waals surface area contributed by atoms with Crippen LogP contribution in [0.2, 0.25) is 5.02 Å². The first kappa shape index (κ1) is 17.5. The van der Waals surface area contributed by atoms with Crippen LogP contribution in [0.5, 0.6) is 0 Å². The summed E-state index contributed by atoms with van der Waals surface area (Å²) in [5.41, 5.74) is 2.33. The molecule has 1 fully saturated rings. The summed E-state index contributed by atoms with van der Waals surface area (Å²) in [6.07, 6.45) is 4.38. The van der Waals surface area contributed by atoms with Crippen molar-refractivity contribution in [3.05, 3.63) is 47.2 Å². The molecule has 2 aromatic heterocycles. The average Bonchev–Trinajstić information content (AvgIpc) is 3.23. The van der Waals surface area contributed by atoms with Gasteiger partial charge in [-0.15, -0.1) is 0 Å². The fourth-order valence-corrected chi connectivity index (χ4v) is 3.45. The number of fused-ring (bicyclic) bond motifs is 1. The van der Waals surface area contributed by atoms with Gasteiger partial charge in [0, 0.05) is 24.7 Å². The van der Waals surface area contributed by atoms with E-state index in [1.165, 1.54) is 0 Å². The molecule has 3 heterocycles. The average molecular weight is 384 g/mol. The third-order valence-electron chi connectivity index (χ3n) is 4.76. The first-order chi connectivity index (χ1) is 13.0. The van der Waals surface area contributed by atoms with Crippen molar-refractivity contribution in [2.45, 2.75) is 25.3 Å². The fourth-order valence-electron chi connectivity index (χ4n) is 3.22. The molecule has 1 saturated heterocycles. The van der Waals surface area contributed by atoms with Crippen LogP contribution >= 0.6 is 11.6 Å².